The molecule has 6 nitrogen and oxygen atoms in total. The Morgan fingerprint density at radius 2 is 1.68 bits per heavy atom. The predicted octanol–water partition coefficient (Wildman–Crippen LogP) is 2.11. The number of ketones is 1. The largest absolute Gasteiger partial charge is 0 e. The summed E-state index contributed by atoms with van der Waals surface area (Å²) in [6, 6.07) is 0. The third-order valence-corrected chi connectivity index (χ3v) is 1.95. The molecule has 0 aromatic carbocycles. The molecule has 1 atom stereocenters. The molecule has 0 aromatic rings. The predicted molar refractivity (Wildman–Crippen MR) is 70.1 cm³/mol. The number of rotatable bonds is 10. The maximum atomic E-state index is 10.6. The Kier molecular flexibility index (Phi) is 54.7. The van der Waals surface area contributed by atoms with Gasteiger partial charge in [-0.1, -0.05) is 26.2 Å². The van der Waals surface area contributed by atoms with Crippen LogP contribution in [0.1, 0.15) is 39.5 Å². The molecule has 7 heteroatoms. The van der Waals surface area contributed by atoms with Gasteiger partial charge < -0.3 is 9.53 Å². The number of hydrogen-bond acceptors (Lipinski definition) is 3. The van der Waals surface area contributed by atoms with Crippen LogP contribution in [-0.2, 0) is 45.4 Å². The molecule has 0 saturated carbocycles. The number of carbonyl (C=O) groups is 1. The van der Waals surface area contributed by atoms with Crippen molar-refractivity contribution in [3.05, 3.63) is 39.2 Å². The van der Waals surface area contributed by atoms with Gasteiger partial charge in [0.2, 0.25) is 0 Å². The molecule has 0 N–H and O–H groups in total. The summed E-state index contributed by atoms with van der Waals surface area (Å²) in [6.07, 6.45) is 8.55. The number of ether oxygens (including phenoxy) is 1. The van der Waals surface area contributed by atoms with Gasteiger partial charge in [-0.15, -0.1) is 0 Å². The molecule has 3 radical (unpaired) electrons. The van der Waals surface area contributed by atoms with Crippen LogP contribution in [0.25, 0.3) is 0 Å². The third-order valence-electron chi connectivity index (χ3n) is 1.95. The van der Waals surface area contributed by atoms with E-state index in [9.17, 15) is 9.59 Å². The Morgan fingerprint density at radius 3 is 2.05 bits per heavy atom. The van der Waals surface area contributed by atoms with Crippen molar-refractivity contribution >= 4 is 12.3 Å². The summed E-state index contributed by atoms with van der Waals surface area (Å²) >= 11 is 0. The van der Waals surface area contributed by atoms with Crippen molar-refractivity contribution in [3.8, 4) is 0 Å². The van der Waals surface area contributed by atoms with Crippen molar-refractivity contribution < 1.29 is 45.4 Å². The minimum absolute atomic E-state index is 0. The summed E-state index contributed by atoms with van der Waals surface area (Å²) in [6.45, 7) is 18.5. The second-order valence-corrected chi connectivity index (χ2v) is 3.40. The fourth-order valence-electron chi connectivity index (χ4n) is 1.17. The molecule has 123 valence electrons. The van der Waals surface area contributed by atoms with E-state index in [1.165, 1.54) is 19.8 Å². The third kappa shape index (κ3) is 36.4. The molecule has 0 rings (SSSR count). The van der Waals surface area contributed by atoms with E-state index in [1.807, 2.05) is 0 Å². The van der Waals surface area contributed by atoms with Gasteiger partial charge in [0, 0.05) is 29.9 Å². The molecule has 0 aromatic heterocycles. The second-order valence-electron chi connectivity index (χ2n) is 3.40. The van der Waals surface area contributed by atoms with Gasteiger partial charge in [0.15, 0.2) is 0 Å². The van der Waals surface area contributed by atoms with Crippen LogP contribution in [0.15, 0.2) is 0 Å². The SMILES string of the molecule is CCCCC[C@H]([CH][CH][CH]C(C)=O)O[C-]=O.[C-]#[O+].[C-]#[O+].[C-]#[O+].[Fe]. The molecule has 0 aliphatic rings. The second kappa shape index (κ2) is 36.8. The van der Waals surface area contributed by atoms with Crippen LogP contribution in [0.4, 0.5) is 0 Å². The molecular weight excluding hydrogens is 332 g/mol. The van der Waals surface area contributed by atoms with E-state index in [-0.39, 0.29) is 29.0 Å². The zero-order chi connectivity index (χ0) is 17.5. The quantitative estimate of drug-likeness (QED) is 0.261. The molecule has 0 aliphatic heterocycles. The summed E-state index contributed by atoms with van der Waals surface area (Å²) in [5.74, 6) is -0.0198. The molecule has 0 spiro atoms. The molecule has 0 heterocycles. The summed E-state index contributed by atoms with van der Waals surface area (Å²) in [4.78, 5) is 20.7. The van der Waals surface area contributed by atoms with Gasteiger partial charge in [0.1, 0.15) is 5.78 Å². The molecule has 0 fully saturated rings. The first-order valence-electron chi connectivity index (χ1n) is 5.86. The molecule has 0 amide bonds. The van der Waals surface area contributed by atoms with Gasteiger partial charge in [0.05, 0.1) is 6.10 Å². The summed E-state index contributed by atoms with van der Waals surface area (Å²) in [7, 11) is 0. The van der Waals surface area contributed by atoms with Crippen LogP contribution in [0.3, 0.4) is 0 Å². The van der Waals surface area contributed by atoms with Gasteiger partial charge in [-0.25, -0.2) is 0 Å². The van der Waals surface area contributed by atoms with E-state index >= 15 is 0 Å². The minimum atomic E-state index is -0.260. The Bertz CT molecular complexity index is 271. The standard InChI is InChI=1S/C12H18O3.3CO.Fe/c1-3-4-5-8-12(15-10-13)9-6-7-11(2)14;3*1-2;/h6-7,9,12H,3-5,8H2,1-2H3;;;;/q-1;;;;/t12-;;;;/m1..../s1. The van der Waals surface area contributed by atoms with Crippen molar-refractivity contribution in [2.45, 2.75) is 45.6 Å². The van der Waals surface area contributed by atoms with Crippen LogP contribution in [0, 0.1) is 39.2 Å². The van der Waals surface area contributed by atoms with Gasteiger partial charge in [-0.3, -0.25) is 4.79 Å². The van der Waals surface area contributed by atoms with E-state index in [0.29, 0.717) is 0 Å². The fourth-order valence-corrected chi connectivity index (χ4v) is 1.17. The summed E-state index contributed by atoms with van der Waals surface area (Å²) < 4.78 is 27.2. The molecule has 22 heavy (non-hydrogen) atoms. The van der Waals surface area contributed by atoms with E-state index in [4.69, 9.17) is 18.7 Å². The van der Waals surface area contributed by atoms with Crippen molar-refractivity contribution in [1.82, 2.24) is 0 Å². The normalized spacial score (nSPS) is 8.55. The molecule has 0 bridgehead atoms. The topological polar surface area (TPSA) is 103 Å². The fraction of sp³-hybridized carbons (Fsp3) is 0.467. The van der Waals surface area contributed by atoms with Gasteiger partial charge in [-0.2, -0.15) is 0 Å². The van der Waals surface area contributed by atoms with Gasteiger partial charge in [0.25, 0.3) is 0 Å². The Morgan fingerprint density at radius 1 is 1.18 bits per heavy atom. The summed E-state index contributed by atoms with van der Waals surface area (Å²) in [5.41, 5.74) is 0. The van der Waals surface area contributed by atoms with E-state index in [2.05, 4.69) is 26.9 Å². The smallest absolute Gasteiger partial charge is 0 e. The monoisotopic (exact) mass is 350 g/mol. The molecule has 0 saturated heterocycles. The van der Waals surface area contributed by atoms with Crippen molar-refractivity contribution in [1.29, 1.82) is 0 Å². The molecule has 0 aliphatic carbocycles. The minimum Gasteiger partial charge on any atom is 0 e. The van der Waals surface area contributed by atoms with Gasteiger partial charge in [-0.05, 0) is 26.2 Å². The maximum absolute atomic E-state index is 10.6. The van der Waals surface area contributed by atoms with Crippen molar-refractivity contribution in [2.24, 2.45) is 0 Å². The Balaban J connectivity index is -0.000000122. The maximum Gasteiger partial charge on any atom is 0 e. The van der Waals surface area contributed by atoms with Crippen molar-refractivity contribution in [2.75, 3.05) is 0 Å². The van der Waals surface area contributed by atoms with Crippen LogP contribution in [0.2, 0.25) is 0 Å². The molecule has 0 unspecified atom stereocenters. The van der Waals surface area contributed by atoms with Crippen LogP contribution in [-0.4, -0.2) is 18.4 Å². The average molecular weight is 350 g/mol. The number of Topliss-reactive ketones (excluding diaryl/α,β-unsaturated/α-hetero) is 1. The zero-order valence-electron chi connectivity index (χ0n) is 12.4. The number of carbonyl (C=O) groups excluding carboxylic acids is 2. The van der Waals surface area contributed by atoms with Crippen LogP contribution in [0.5, 0.6) is 0 Å². The van der Waals surface area contributed by atoms with Crippen molar-refractivity contribution in [3.63, 3.8) is 0 Å². The first kappa shape index (κ1) is 32.7. The zero-order valence-corrected chi connectivity index (χ0v) is 13.5. The van der Waals surface area contributed by atoms with Gasteiger partial charge >= 0.3 is 33.9 Å². The molecular formula is C15H18FeO6-. The number of hydrogen-bond donors (Lipinski definition) is 0. The number of unbranched alkanes of at least 4 members (excludes halogenated alkanes) is 2. The first-order chi connectivity index (χ1) is 10.2. The Hall–Kier alpha value is -1.12. The Labute approximate surface area is 143 Å². The van der Waals surface area contributed by atoms with E-state index in [1.54, 1.807) is 12.8 Å². The van der Waals surface area contributed by atoms with E-state index < -0.39 is 0 Å². The average Bonchev–Trinajstić information content (AvgIpc) is 2.53. The van der Waals surface area contributed by atoms with E-state index in [0.717, 1.165) is 25.7 Å². The van der Waals surface area contributed by atoms with Crippen LogP contribution < -0.4 is 0 Å². The van der Waals surface area contributed by atoms with Crippen LogP contribution >= 0.6 is 0 Å². The summed E-state index contributed by atoms with van der Waals surface area (Å²) in [5, 5.41) is 0. The first-order valence-corrected chi connectivity index (χ1v) is 5.86.